The van der Waals surface area contributed by atoms with E-state index in [1.165, 1.54) is 22.0 Å². The van der Waals surface area contributed by atoms with E-state index in [4.69, 9.17) is 0 Å². The lowest BCUT2D eigenvalue weighted by Gasteiger charge is -2.33. The second kappa shape index (κ2) is 10.4. The molecule has 1 aromatic heterocycles. The topological polar surface area (TPSA) is 54.1 Å². The second-order valence-corrected chi connectivity index (χ2v) is 8.70. The van der Waals surface area contributed by atoms with Crippen LogP contribution in [0.2, 0.25) is 0 Å². The zero-order valence-electron chi connectivity index (χ0n) is 18.8. The van der Waals surface area contributed by atoms with Gasteiger partial charge in [0.1, 0.15) is 0 Å². The second-order valence-electron chi connectivity index (χ2n) is 8.70. The van der Waals surface area contributed by atoms with Gasteiger partial charge in [0.05, 0.1) is 45.4 Å². The SMILES string of the molecule is Cc1cc(/C=N\NC(=O)CC[NH+]2CCN(c3ccccc3)CC2)c(C)n1CC(C)C. The van der Waals surface area contributed by atoms with E-state index in [-0.39, 0.29) is 5.91 Å². The lowest BCUT2D eigenvalue weighted by molar-refractivity contribution is -0.900. The number of hydrogen-bond donors (Lipinski definition) is 2. The Morgan fingerprint density at radius 2 is 1.90 bits per heavy atom. The molecule has 2 N–H and O–H groups in total. The fourth-order valence-electron chi connectivity index (χ4n) is 4.09. The van der Waals surface area contributed by atoms with Crippen LogP contribution in [0.25, 0.3) is 0 Å². The van der Waals surface area contributed by atoms with Crippen LogP contribution in [0.3, 0.4) is 0 Å². The quantitative estimate of drug-likeness (QED) is 0.517. The molecule has 162 valence electrons. The average molecular weight is 411 g/mol. The molecule has 1 aliphatic heterocycles. The molecule has 0 unspecified atom stereocenters. The molecule has 2 heterocycles. The van der Waals surface area contributed by atoms with Crippen LogP contribution < -0.4 is 15.2 Å². The fourth-order valence-corrected chi connectivity index (χ4v) is 4.09. The Morgan fingerprint density at radius 1 is 1.20 bits per heavy atom. The van der Waals surface area contributed by atoms with Crippen molar-refractivity contribution in [3.05, 3.63) is 53.3 Å². The van der Waals surface area contributed by atoms with Crippen LogP contribution in [0.15, 0.2) is 41.5 Å². The first-order valence-corrected chi connectivity index (χ1v) is 11.1. The molecule has 0 saturated carbocycles. The average Bonchev–Trinajstić information content (AvgIpc) is 3.00. The minimum atomic E-state index is -0.0137. The number of rotatable bonds is 8. The maximum atomic E-state index is 12.2. The first kappa shape index (κ1) is 22.1. The molecule has 0 aliphatic carbocycles. The number of carbonyl (C=O) groups is 1. The van der Waals surface area contributed by atoms with E-state index < -0.39 is 0 Å². The smallest absolute Gasteiger partial charge is 0.245 e. The summed E-state index contributed by atoms with van der Waals surface area (Å²) in [7, 11) is 0. The van der Waals surface area contributed by atoms with Gasteiger partial charge in [-0.3, -0.25) is 4.79 Å². The number of hydrazone groups is 1. The van der Waals surface area contributed by atoms with Gasteiger partial charge in [0.15, 0.2) is 0 Å². The van der Waals surface area contributed by atoms with Gasteiger partial charge in [-0.2, -0.15) is 5.10 Å². The van der Waals surface area contributed by atoms with Gasteiger partial charge < -0.3 is 14.4 Å². The van der Waals surface area contributed by atoms with E-state index >= 15 is 0 Å². The Kier molecular flexibility index (Phi) is 7.69. The third-order valence-corrected chi connectivity index (χ3v) is 5.85. The van der Waals surface area contributed by atoms with Crippen LogP contribution in [0, 0.1) is 19.8 Å². The number of carbonyl (C=O) groups excluding carboxylic acids is 1. The standard InChI is InChI=1S/C24H35N5O/c1-19(2)18-29-20(3)16-22(21(29)4)17-25-26-24(30)10-11-27-12-14-28(15-13-27)23-8-6-5-7-9-23/h5-9,16-17,19H,10-15,18H2,1-4H3,(H,26,30)/p+1/b25-17-. The van der Waals surface area contributed by atoms with E-state index in [2.05, 4.69) is 84.1 Å². The molecule has 1 aliphatic rings. The molecular formula is C24H36N5O+. The van der Waals surface area contributed by atoms with Gasteiger partial charge >= 0.3 is 0 Å². The van der Waals surface area contributed by atoms with Gasteiger partial charge in [-0.05, 0) is 38.0 Å². The lowest BCUT2D eigenvalue weighted by Crippen LogP contribution is -3.15. The van der Waals surface area contributed by atoms with Crippen molar-refractivity contribution in [1.82, 2.24) is 9.99 Å². The molecule has 1 aromatic carbocycles. The number of anilines is 1. The number of nitrogens with one attached hydrogen (secondary N) is 2. The van der Waals surface area contributed by atoms with Gasteiger partial charge in [-0.15, -0.1) is 0 Å². The Morgan fingerprint density at radius 3 is 2.57 bits per heavy atom. The minimum Gasteiger partial charge on any atom is -0.360 e. The number of amides is 1. The zero-order valence-corrected chi connectivity index (χ0v) is 18.8. The summed E-state index contributed by atoms with van der Waals surface area (Å²) < 4.78 is 2.31. The summed E-state index contributed by atoms with van der Waals surface area (Å²) in [4.78, 5) is 16.1. The number of quaternary nitrogens is 1. The summed E-state index contributed by atoms with van der Waals surface area (Å²) >= 11 is 0. The molecule has 0 atom stereocenters. The van der Waals surface area contributed by atoms with Crippen LogP contribution in [0.1, 0.15) is 37.2 Å². The first-order chi connectivity index (χ1) is 14.4. The third kappa shape index (κ3) is 5.95. The van der Waals surface area contributed by atoms with Crippen molar-refractivity contribution < 1.29 is 9.69 Å². The molecule has 1 fully saturated rings. The third-order valence-electron chi connectivity index (χ3n) is 5.85. The predicted octanol–water partition coefficient (Wildman–Crippen LogP) is 2.01. The zero-order chi connectivity index (χ0) is 21.5. The van der Waals surface area contributed by atoms with E-state index in [1.54, 1.807) is 6.21 Å². The van der Waals surface area contributed by atoms with Gasteiger partial charge in [0.25, 0.3) is 0 Å². The Hall–Kier alpha value is -2.60. The summed E-state index contributed by atoms with van der Waals surface area (Å²) in [6.45, 7) is 14.7. The van der Waals surface area contributed by atoms with Crippen LogP contribution in [0.5, 0.6) is 0 Å². The monoisotopic (exact) mass is 410 g/mol. The normalized spacial score (nSPS) is 15.3. The lowest BCUT2D eigenvalue weighted by atomic mass is 10.2. The molecule has 1 amide bonds. The molecule has 3 rings (SSSR count). The molecule has 6 heteroatoms. The summed E-state index contributed by atoms with van der Waals surface area (Å²) in [5, 5.41) is 4.20. The maximum Gasteiger partial charge on any atom is 0.245 e. The molecule has 0 spiro atoms. The van der Waals surface area contributed by atoms with Crippen LogP contribution >= 0.6 is 0 Å². The fraction of sp³-hybridized carbons (Fsp3) is 0.500. The van der Waals surface area contributed by atoms with E-state index in [0.717, 1.165) is 44.8 Å². The van der Waals surface area contributed by atoms with Crippen molar-refractivity contribution in [2.45, 2.75) is 40.7 Å². The highest BCUT2D eigenvalue weighted by molar-refractivity contribution is 5.83. The number of aryl methyl sites for hydroxylation is 1. The van der Waals surface area contributed by atoms with Crippen molar-refractivity contribution >= 4 is 17.8 Å². The Bertz CT molecular complexity index is 848. The molecule has 6 nitrogen and oxygen atoms in total. The van der Waals surface area contributed by atoms with E-state index in [0.29, 0.717) is 12.3 Å². The number of piperazine rings is 1. The highest BCUT2D eigenvalue weighted by Crippen LogP contribution is 2.15. The minimum absolute atomic E-state index is 0.0137. The van der Waals surface area contributed by atoms with Gasteiger partial charge in [-0.25, -0.2) is 5.43 Å². The highest BCUT2D eigenvalue weighted by Gasteiger charge is 2.20. The Labute approximate surface area is 180 Å². The van der Waals surface area contributed by atoms with Gasteiger partial charge in [0, 0.05) is 29.2 Å². The summed E-state index contributed by atoms with van der Waals surface area (Å²) in [6, 6.07) is 12.7. The predicted molar refractivity (Wildman–Crippen MR) is 123 cm³/mol. The van der Waals surface area contributed by atoms with Crippen molar-refractivity contribution in [2.24, 2.45) is 11.0 Å². The largest absolute Gasteiger partial charge is 0.360 e. The molecule has 30 heavy (non-hydrogen) atoms. The van der Waals surface area contributed by atoms with Crippen LogP contribution in [0.4, 0.5) is 5.69 Å². The molecule has 2 aromatic rings. The number of hydrogen-bond acceptors (Lipinski definition) is 3. The Balaban J connectivity index is 1.40. The number of nitrogens with zero attached hydrogens (tertiary/aromatic N) is 3. The number of para-hydroxylation sites is 1. The summed E-state index contributed by atoms with van der Waals surface area (Å²) in [5.74, 6) is 0.580. The van der Waals surface area contributed by atoms with Crippen LogP contribution in [-0.2, 0) is 11.3 Å². The number of aromatic nitrogens is 1. The number of benzene rings is 1. The molecular weight excluding hydrogens is 374 g/mol. The highest BCUT2D eigenvalue weighted by atomic mass is 16.2. The van der Waals surface area contributed by atoms with E-state index in [1.807, 2.05) is 0 Å². The maximum absolute atomic E-state index is 12.2. The van der Waals surface area contributed by atoms with Crippen LogP contribution in [-0.4, -0.2) is 49.4 Å². The summed E-state index contributed by atoms with van der Waals surface area (Å²) in [5.41, 5.74) is 7.48. The van der Waals surface area contributed by atoms with Gasteiger partial charge in [0.2, 0.25) is 5.91 Å². The van der Waals surface area contributed by atoms with Crippen molar-refractivity contribution in [3.63, 3.8) is 0 Å². The van der Waals surface area contributed by atoms with E-state index in [9.17, 15) is 4.79 Å². The van der Waals surface area contributed by atoms with Crippen molar-refractivity contribution in [1.29, 1.82) is 0 Å². The van der Waals surface area contributed by atoms with Crippen molar-refractivity contribution in [3.8, 4) is 0 Å². The van der Waals surface area contributed by atoms with Gasteiger partial charge in [-0.1, -0.05) is 32.0 Å². The summed E-state index contributed by atoms with van der Waals surface area (Å²) in [6.07, 6.45) is 2.27. The first-order valence-electron chi connectivity index (χ1n) is 11.1. The molecule has 0 bridgehead atoms. The van der Waals surface area contributed by atoms with Crippen molar-refractivity contribution in [2.75, 3.05) is 37.6 Å². The molecule has 1 saturated heterocycles. The molecule has 0 radical (unpaired) electrons.